The smallest absolute Gasteiger partial charge is 0.350 e. The number of aryl methyl sites for hydroxylation is 1. The highest BCUT2D eigenvalue weighted by Gasteiger charge is 2.34. The molecule has 2 aromatic rings. The van der Waals surface area contributed by atoms with E-state index in [1.165, 1.54) is 22.8 Å². The first-order valence-electron chi connectivity index (χ1n) is 4.21. The first-order chi connectivity index (χ1) is 6.89. The van der Waals surface area contributed by atoms with Gasteiger partial charge in [-0.25, -0.2) is 0 Å². The maximum atomic E-state index is 12.6. The Morgan fingerprint density at radius 1 is 1.27 bits per heavy atom. The van der Waals surface area contributed by atoms with E-state index in [0.29, 0.717) is 10.5 Å². The summed E-state index contributed by atoms with van der Waals surface area (Å²) >= 11 is 5.72. The highest BCUT2D eigenvalue weighted by atomic mass is 35.5. The molecule has 1 heterocycles. The molecule has 0 aliphatic heterocycles. The van der Waals surface area contributed by atoms with Crippen LogP contribution in [0, 0.1) is 0 Å². The molecule has 0 aliphatic carbocycles. The molecule has 0 unspecified atom stereocenters. The zero-order valence-corrected chi connectivity index (χ0v) is 8.52. The van der Waals surface area contributed by atoms with E-state index in [-0.39, 0.29) is 5.39 Å². The van der Waals surface area contributed by atoms with E-state index >= 15 is 0 Å². The number of halogens is 4. The number of fused-ring (bicyclic) bond motifs is 1. The Balaban J connectivity index is 2.79. The lowest BCUT2D eigenvalue weighted by Gasteiger charge is -2.03. The Morgan fingerprint density at radius 3 is 2.53 bits per heavy atom. The van der Waals surface area contributed by atoms with Gasteiger partial charge in [-0.15, -0.1) is 0 Å². The fourth-order valence-corrected chi connectivity index (χ4v) is 1.75. The minimum Gasteiger partial charge on any atom is -0.350 e. The molecule has 0 N–H and O–H groups in total. The molecule has 0 aliphatic rings. The summed E-state index contributed by atoms with van der Waals surface area (Å²) < 4.78 is 39.2. The van der Waals surface area contributed by atoms with Crippen LogP contribution in [0.4, 0.5) is 13.2 Å². The van der Waals surface area contributed by atoms with Crippen LogP contribution in [0.15, 0.2) is 24.4 Å². The predicted octanol–water partition coefficient (Wildman–Crippen LogP) is 3.85. The van der Waals surface area contributed by atoms with E-state index in [1.807, 2.05) is 0 Å². The monoisotopic (exact) mass is 233 g/mol. The molecule has 15 heavy (non-hydrogen) atoms. The molecule has 0 atom stereocenters. The fourth-order valence-electron chi connectivity index (χ4n) is 1.58. The van der Waals surface area contributed by atoms with Crippen molar-refractivity contribution in [2.24, 2.45) is 7.05 Å². The van der Waals surface area contributed by atoms with Gasteiger partial charge in [0.2, 0.25) is 0 Å². The second-order valence-corrected chi connectivity index (χ2v) is 3.75. The van der Waals surface area contributed by atoms with E-state index in [4.69, 9.17) is 11.6 Å². The van der Waals surface area contributed by atoms with Gasteiger partial charge in [-0.05, 0) is 12.1 Å². The Labute approximate surface area is 89.1 Å². The van der Waals surface area contributed by atoms with Crippen LogP contribution in [0.25, 0.3) is 10.9 Å². The third kappa shape index (κ3) is 1.69. The first kappa shape index (κ1) is 10.4. The quantitative estimate of drug-likeness (QED) is 0.651. The first-order valence-corrected chi connectivity index (χ1v) is 4.59. The van der Waals surface area contributed by atoms with E-state index < -0.39 is 11.7 Å². The SMILES string of the molecule is Cn1cc(C(F)(F)F)c2ccc(Cl)cc21. The lowest BCUT2D eigenvalue weighted by molar-refractivity contribution is -0.136. The number of benzene rings is 1. The van der Waals surface area contributed by atoms with Crippen LogP contribution < -0.4 is 0 Å². The van der Waals surface area contributed by atoms with Crippen molar-refractivity contribution in [2.45, 2.75) is 6.18 Å². The largest absolute Gasteiger partial charge is 0.418 e. The highest BCUT2D eigenvalue weighted by molar-refractivity contribution is 6.31. The van der Waals surface area contributed by atoms with Gasteiger partial charge in [0, 0.05) is 29.2 Å². The predicted molar refractivity (Wildman–Crippen MR) is 52.9 cm³/mol. The van der Waals surface area contributed by atoms with Crippen molar-refractivity contribution in [3.63, 3.8) is 0 Å². The van der Waals surface area contributed by atoms with Crippen LogP contribution >= 0.6 is 11.6 Å². The summed E-state index contributed by atoms with van der Waals surface area (Å²) in [7, 11) is 1.56. The highest BCUT2D eigenvalue weighted by Crippen LogP contribution is 2.36. The van der Waals surface area contributed by atoms with Crippen molar-refractivity contribution in [3.8, 4) is 0 Å². The van der Waals surface area contributed by atoms with Crippen molar-refractivity contribution in [2.75, 3.05) is 0 Å². The summed E-state index contributed by atoms with van der Waals surface area (Å²) in [4.78, 5) is 0. The third-order valence-corrected chi connectivity index (χ3v) is 2.49. The van der Waals surface area contributed by atoms with Crippen LogP contribution in [0.5, 0.6) is 0 Å². The number of aromatic nitrogens is 1. The lowest BCUT2D eigenvalue weighted by Crippen LogP contribution is -2.03. The molecule has 0 saturated carbocycles. The summed E-state index contributed by atoms with van der Waals surface area (Å²) in [5.74, 6) is 0. The zero-order chi connectivity index (χ0) is 11.2. The summed E-state index contributed by atoms with van der Waals surface area (Å²) in [6, 6.07) is 4.37. The van der Waals surface area contributed by atoms with Crippen LogP contribution in [0.3, 0.4) is 0 Å². The van der Waals surface area contributed by atoms with Crippen molar-refractivity contribution in [1.82, 2.24) is 4.57 Å². The minimum atomic E-state index is -4.33. The molecule has 1 aromatic carbocycles. The lowest BCUT2D eigenvalue weighted by atomic mass is 10.2. The molecule has 0 bridgehead atoms. The molecule has 0 radical (unpaired) electrons. The van der Waals surface area contributed by atoms with Crippen molar-refractivity contribution < 1.29 is 13.2 Å². The molecule has 1 aromatic heterocycles. The molecule has 5 heteroatoms. The van der Waals surface area contributed by atoms with Gasteiger partial charge in [0.25, 0.3) is 0 Å². The van der Waals surface area contributed by atoms with Gasteiger partial charge in [-0.2, -0.15) is 13.2 Å². The molecule has 0 amide bonds. The number of rotatable bonds is 0. The van der Waals surface area contributed by atoms with Crippen molar-refractivity contribution in [3.05, 3.63) is 35.0 Å². The Hall–Kier alpha value is -1.16. The molecule has 1 nitrogen and oxygen atoms in total. The fraction of sp³-hybridized carbons (Fsp3) is 0.200. The third-order valence-electron chi connectivity index (χ3n) is 2.26. The Morgan fingerprint density at radius 2 is 1.93 bits per heavy atom. The number of hydrogen-bond donors (Lipinski definition) is 0. The van der Waals surface area contributed by atoms with Gasteiger partial charge in [-0.1, -0.05) is 17.7 Å². The Kier molecular flexibility index (Phi) is 2.19. The average Bonchev–Trinajstić information content (AvgIpc) is 2.43. The number of nitrogens with zero attached hydrogens (tertiary/aromatic N) is 1. The topological polar surface area (TPSA) is 4.93 Å². The van der Waals surface area contributed by atoms with Crippen LogP contribution in [0.2, 0.25) is 5.02 Å². The van der Waals surface area contributed by atoms with Gasteiger partial charge in [0.05, 0.1) is 5.56 Å². The molecular weight excluding hydrogens is 227 g/mol. The molecular formula is C10H7ClF3N. The van der Waals surface area contributed by atoms with E-state index in [0.717, 1.165) is 6.20 Å². The molecule has 0 fully saturated rings. The van der Waals surface area contributed by atoms with Gasteiger partial charge >= 0.3 is 6.18 Å². The Bertz CT molecular complexity index is 513. The summed E-state index contributed by atoms with van der Waals surface area (Å²) in [6.07, 6.45) is -3.26. The van der Waals surface area contributed by atoms with Gasteiger partial charge in [-0.3, -0.25) is 0 Å². The number of alkyl halides is 3. The van der Waals surface area contributed by atoms with Crippen LogP contribution in [0.1, 0.15) is 5.56 Å². The zero-order valence-electron chi connectivity index (χ0n) is 7.77. The molecule has 2 rings (SSSR count). The van der Waals surface area contributed by atoms with Crippen molar-refractivity contribution in [1.29, 1.82) is 0 Å². The maximum Gasteiger partial charge on any atom is 0.418 e. The molecule has 80 valence electrons. The molecule has 0 spiro atoms. The van der Waals surface area contributed by atoms with Gasteiger partial charge in [0.1, 0.15) is 0 Å². The van der Waals surface area contributed by atoms with Gasteiger partial charge in [0.15, 0.2) is 0 Å². The van der Waals surface area contributed by atoms with Crippen LogP contribution in [-0.2, 0) is 13.2 Å². The summed E-state index contributed by atoms with van der Waals surface area (Å²) in [6.45, 7) is 0. The van der Waals surface area contributed by atoms with Gasteiger partial charge < -0.3 is 4.57 Å². The molecule has 0 saturated heterocycles. The maximum absolute atomic E-state index is 12.6. The second kappa shape index (κ2) is 3.17. The van der Waals surface area contributed by atoms with Crippen molar-refractivity contribution >= 4 is 22.5 Å². The van der Waals surface area contributed by atoms with Crippen LogP contribution in [-0.4, -0.2) is 4.57 Å². The van der Waals surface area contributed by atoms with E-state index in [9.17, 15) is 13.2 Å². The summed E-state index contributed by atoms with van der Waals surface area (Å²) in [5.41, 5.74) is -0.147. The number of hydrogen-bond acceptors (Lipinski definition) is 0. The average molecular weight is 234 g/mol. The minimum absolute atomic E-state index is 0.175. The van der Waals surface area contributed by atoms with E-state index in [2.05, 4.69) is 0 Å². The summed E-state index contributed by atoms with van der Waals surface area (Å²) in [5, 5.41) is 0.604. The normalized spacial score (nSPS) is 12.3. The standard InChI is InChI=1S/C10H7ClF3N/c1-15-5-8(10(12,13)14)7-3-2-6(11)4-9(7)15/h2-5H,1H3. The van der Waals surface area contributed by atoms with E-state index in [1.54, 1.807) is 7.05 Å². The second-order valence-electron chi connectivity index (χ2n) is 3.31.